The number of hydrogen-bond donors (Lipinski definition) is 1. The van der Waals surface area contributed by atoms with Crippen LogP contribution in [-0.4, -0.2) is 56.5 Å². The molecule has 3 aromatic rings. The molecule has 3 aromatic carbocycles. The van der Waals surface area contributed by atoms with Crippen molar-refractivity contribution in [2.45, 2.75) is 19.1 Å². The first-order chi connectivity index (χ1) is 17.7. The molecule has 10 heteroatoms. The van der Waals surface area contributed by atoms with E-state index >= 15 is 0 Å². The second kappa shape index (κ2) is 11.5. The van der Waals surface area contributed by atoms with Crippen molar-refractivity contribution in [1.82, 2.24) is 9.62 Å². The van der Waals surface area contributed by atoms with Gasteiger partial charge in [0, 0.05) is 13.1 Å². The molecule has 0 bridgehead atoms. The van der Waals surface area contributed by atoms with Crippen molar-refractivity contribution in [3.8, 4) is 5.75 Å². The highest BCUT2D eigenvalue weighted by Crippen LogP contribution is 2.33. The smallest absolute Gasteiger partial charge is 0.262 e. The second-order valence-electron chi connectivity index (χ2n) is 8.76. The minimum Gasteiger partial charge on any atom is -0.477 e. The lowest BCUT2D eigenvalue weighted by Gasteiger charge is -2.35. The van der Waals surface area contributed by atoms with E-state index in [2.05, 4.69) is 5.32 Å². The molecule has 0 spiro atoms. The zero-order valence-corrected chi connectivity index (χ0v) is 21.2. The quantitative estimate of drug-likeness (QED) is 0.464. The van der Waals surface area contributed by atoms with Crippen LogP contribution in [0.4, 0.5) is 10.1 Å². The normalized spacial score (nSPS) is 15.1. The topological polar surface area (TPSA) is 96.0 Å². The van der Waals surface area contributed by atoms with Gasteiger partial charge < -0.3 is 15.0 Å². The van der Waals surface area contributed by atoms with E-state index < -0.39 is 34.4 Å². The van der Waals surface area contributed by atoms with Gasteiger partial charge in [0.25, 0.3) is 5.91 Å². The number of para-hydroxylation sites is 2. The molecule has 1 aliphatic rings. The van der Waals surface area contributed by atoms with Crippen LogP contribution >= 0.6 is 0 Å². The van der Waals surface area contributed by atoms with Crippen LogP contribution in [0.25, 0.3) is 0 Å². The number of nitrogens with one attached hydrogen (secondary N) is 1. The largest absolute Gasteiger partial charge is 0.477 e. The average molecular weight is 526 g/mol. The molecule has 1 heterocycles. The minimum absolute atomic E-state index is 0.0683. The first-order valence-corrected chi connectivity index (χ1v) is 13.6. The molecular weight excluding hydrogens is 497 g/mol. The molecule has 0 fully saturated rings. The maximum Gasteiger partial charge on any atom is 0.262 e. The van der Waals surface area contributed by atoms with Gasteiger partial charge in [-0.3, -0.25) is 9.59 Å². The Labute approximate surface area is 215 Å². The standard InChI is InChI=1S/C27H28FN3O5S/c1-37(34,35)30(17-21-11-13-22(28)14-12-21)19-26(32)31-18-25(36-24-10-6-5-9-23(24)31)27(33)29-16-15-20-7-3-2-4-8-20/h2-14,25H,15-19H2,1H3,(H,29,33)/t25-/m0/s1. The molecule has 37 heavy (non-hydrogen) atoms. The molecular formula is C27H28FN3O5S. The predicted octanol–water partition coefficient (Wildman–Crippen LogP) is 2.74. The molecule has 8 nitrogen and oxygen atoms in total. The van der Waals surface area contributed by atoms with E-state index in [1.165, 1.54) is 29.2 Å². The Morgan fingerprint density at radius 1 is 1.00 bits per heavy atom. The van der Waals surface area contributed by atoms with Crippen molar-refractivity contribution in [1.29, 1.82) is 0 Å². The number of benzene rings is 3. The summed E-state index contributed by atoms with van der Waals surface area (Å²) in [6.45, 7) is -0.216. The number of anilines is 1. The van der Waals surface area contributed by atoms with Gasteiger partial charge in [0.15, 0.2) is 6.10 Å². The van der Waals surface area contributed by atoms with E-state index in [1.807, 2.05) is 30.3 Å². The zero-order valence-electron chi connectivity index (χ0n) is 20.3. The fourth-order valence-electron chi connectivity index (χ4n) is 4.02. The van der Waals surface area contributed by atoms with Crippen LogP contribution < -0.4 is 15.0 Å². The van der Waals surface area contributed by atoms with Gasteiger partial charge in [-0.05, 0) is 41.8 Å². The molecule has 1 aliphatic heterocycles. The number of carbonyl (C=O) groups excluding carboxylic acids is 2. The highest BCUT2D eigenvalue weighted by atomic mass is 32.2. The minimum atomic E-state index is -3.77. The summed E-state index contributed by atoms with van der Waals surface area (Å²) < 4.78 is 45.1. The Morgan fingerprint density at radius 3 is 2.38 bits per heavy atom. The van der Waals surface area contributed by atoms with Gasteiger partial charge in [-0.1, -0.05) is 54.6 Å². The van der Waals surface area contributed by atoms with Crippen LogP contribution in [0.3, 0.4) is 0 Å². The predicted molar refractivity (Wildman–Crippen MR) is 138 cm³/mol. The third-order valence-electron chi connectivity index (χ3n) is 5.98. The van der Waals surface area contributed by atoms with Crippen LogP contribution in [0.15, 0.2) is 78.9 Å². The zero-order chi connectivity index (χ0) is 26.4. The molecule has 1 N–H and O–H groups in total. The van der Waals surface area contributed by atoms with Gasteiger partial charge in [0.2, 0.25) is 15.9 Å². The molecule has 0 aromatic heterocycles. The van der Waals surface area contributed by atoms with Crippen molar-refractivity contribution >= 4 is 27.5 Å². The van der Waals surface area contributed by atoms with E-state index in [1.54, 1.807) is 24.3 Å². The number of sulfonamides is 1. The number of carbonyl (C=O) groups is 2. The van der Waals surface area contributed by atoms with Gasteiger partial charge in [-0.15, -0.1) is 0 Å². The van der Waals surface area contributed by atoms with Crippen molar-refractivity contribution in [3.05, 3.63) is 95.8 Å². The first kappa shape index (κ1) is 26.3. The lowest BCUT2D eigenvalue weighted by molar-refractivity contribution is -0.128. The van der Waals surface area contributed by atoms with Crippen molar-refractivity contribution in [3.63, 3.8) is 0 Å². The molecule has 0 saturated heterocycles. The lowest BCUT2D eigenvalue weighted by atomic mass is 10.1. The number of fused-ring (bicyclic) bond motifs is 1. The fraction of sp³-hybridized carbons (Fsp3) is 0.259. The van der Waals surface area contributed by atoms with Gasteiger partial charge in [0.1, 0.15) is 11.6 Å². The summed E-state index contributed by atoms with van der Waals surface area (Å²) in [5, 5.41) is 2.85. The molecule has 194 valence electrons. The Balaban J connectivity index is 1.47. The number of nitrogens with zero attached hydrogens (tertiary/aromatic N) is 2. The van der Waals surface area contributed by atoms with E-state index in [4.69, 9.17) is 4.74 Å². The Hall–Kier alpha value is -3.76. The van der Waals surface area contributed by atoms with E-state index in [0.717, 1.165) is 16.1 Å². The van der Waals surface area contributed by atoms with E-state index in [9.17, 15) is 22.4 Å². The first-order valence-electron chi connectivity index (χ1n) is 11.8. The summed E-state index contributed by atoms with van der Waals surface area (Å²) in [4.78, 5) is 27.7. The van der Waals surface area contributed by atoms with Crippen LogP contribution in [0.1, 0.15) is 11.1 Å². The SMILES string of the molecule is CS(=O)(=O)N(CC(=O)N1C[C@@H](C(=O)NCCc2ccccc2)Oc2ccccc21)Cc1ccc(F)cc1. The second-order valence-corrected chi connectivity index (χ2v) is 10.7. The fourth-order valence-corrected chi connectivity index (χ4v) is 4.74. The Bertz CT molecular complexity index is 1350. The van der Waals surface area contributed by atoms with E-state index in [-0.39, 0.29) is 19.0 Å². The highest BCUT2D eigenvalue weighted by molar-refractivity contribution is 7.88. The molecule has 1 atom stereocenters. The van der Waals surface area contributed by atoms with Crippen LogP contribution in [0.5, 0.6) is 5.75 Å². The molecule has 0 saturated carbocycles. The van der Waals surface area contributed by atoms with Gasteiger partial charge in [0.05, 0.1) is 25.0 Å². The molecule has 4 rings (SSSR count). The highest BCUT2D eigenvalue weighted by Gasteiger charge is 2.35. The third-order valence-corrected chi connectivity index (χ3v) is 7.17. The number of hydrogen-bond acceptors (Lipinski definition) is 5. The van der Waals surface area contributed by atoms with E-state index in [0.29, 0.717) is 30.0 Å². The molecule has 0 aliphatic carbocycles. The van der Waals surface area contributed by atoms with Crippen LogP contribution in [0.2, 0.25) is 0 Å². The average Bonchev–Trinajstić information content (AvgIpc) is 2.88. The summed E-state index contributed by atoms with van der Waals surface area (Å²) >= 11 is 0. The summed E-state index contributed by atoms with van der Waals surface area (Å²) in [5.74, 6) is -0.960. The monoisotopic (exact) mass is 525 g/mol. The molecule has 0 radical (unpaired) electrons. The summed E-state index contributed by atoms with van der Waals surface area (Å²) in [7, 11) is -3.77. The van der Waals surface area contributed by atoms with Gasteiger partial charge >= 0.3 is 0 Å². The summed E-state index contributed by atoms with van der Waals surface area (Å²) in [6.07, 6.45) is 0.698. The third kappa shape index (κ3) is 6.93. The molecule has 0 unspecified atom stereocenters. The van der Waals surface area contributed by atoms with Crippen molar-refractivity contribution in [2.75, 3.05) is 30.8 Å². The molecule has 2 amide bonds. The number of rotatable bonds is 9. The Morgan fingerprint density at radius 2 is 1.68 bits per heavy atom. The number of ether oxygens (including phenoxy) is 1. The van der Waals surface area contributed by atoms with Crippen LogP contribution in [-0.2, 0) is 32.6 Å². The van der Waals surface area contributed by atoms with Crippen LogP contribution in [0, 0.1) is 5.82 Å². The summed E-state index contributed by atoms with van der Waals surface area (Å²) in [6, 6.07) is 21.9. The number of amides is 2. The Kier molecular flexibility index (Phi) is 8.20. The van der Waals surface area contributed by atoms with Crippen molar-refractivity contribution < 1.29 is 27.1 Å². The lowest BCUT2D eigenvalue weighted by Crippen LogP contribution is -2.53. The maximum atomic E-state index is 13.4. The van der Waals surface area contributed by atoms with Crippen molar-refractivity contribution in [2.24, 2.45) is 0 Å². The van der Waals surface area contributed by atoms with Gasteiger partial charge in [-0.25, -0.2) is 12.8 Å². The van der Waals surface area contributed by atoms with Gasteiger partial charge in [-0.2, -0.15) is 4.31 Å². The summed E-state index contributed by atoms with van der Waals surface area (Å²) in [5.41, 5.74) is 2.07. The number of halogens is 1. The maximum absolute atomic E-state index is 13.4.